The van der Waals surface area contributed by atoms with Crippen molar-refractivity contribution in [2.45, 2.75) is 76.7 Å². The molecule has 3 aliphatic rings. The third-order valence-corrected chi connectivity index (χ3v) is 6.68. The van der Waals surface area contributed by atoms with E-state index in [1.807, 2.05) is 0 Å². The molecule has 2 bridgehead atoms. The summed E-state index contributed by atoms with van der Waals surface area (Å²) >= 11 is 0. The van der Waals surface area contributed by atoms with Gasteiger partial charge in [-0.05, 0) is 0 Å². The number of fused-ring (bicyclic) bond motifs is 2. The first-order valence-corrected chi connectivity index (χ1v) is 12.3. The van der Waals surface area contributed by atoms with Crippen LogP contribution >= 0.6 is 0 Å². The lowest BCUT2D eigenvalue weighted by Gasteiger charge is -2.46. The van der Waals surface area contributed by atoms with Gasteiger partial charge in [0.2, 0.25) is 0 Å². The van der Waals surface area contributed by atoms with Gasteiger partial charge in [0.25, 0.3) is 0 Å². The fourth-order valence-electron chi connectivity index (χ4n) is 5.22. The molecule has 3 fully saturated rings. The van der Waals surface area contributed by atoms with Crippen molar-refractivity contribution >= 4 is 41.8 Å². The molecule has 3 rings (SSSR count). The standard InChI is InChI=1S/C24H30O17/c1-7(25)35-6-11-16(36-8(2)26)19(37-9(3)27)20(38-10(4)28)24(39-11)41-17-13(21(30)31)12-14(22(32)34-5)18(15(17)29)40-23(12)33/h11-20,24,29H,6H2,1-5H3,(H,30,31)/t11-,12+,13-,14+,15+,16-,17+,18+,19+,20-,24+/m0/s1. The van der Waals surface area contributed by atoms with Gasteiger partial charge in [0, 0.05) is 27.7 Å². The van der Waals surface area contributed by atoms with Crippen LogP contribution in [-0.4, -0.2) is 115 Å². The lowest BCUT2D eigenvalue weighted by molar-refractivity contribution is -0.330. The number of hydrogen-bond acceptors (Lipinski definition) is 16. The molecule has 2 aliphatic heterocycles. The molecule has 0 aromatic heterocycles. The lowest BCUT2D eigenvalue weighted by Crippen LogP contribution is -2.65. The lowest BCUT2D eigenvalue weighted by atomic mass is 9.69. The first kappa shape index (κ1) is 31.7. The van der Waals surface area contributed by atoms with Crippen LogP contribution in [-0.2, 0) is 71.5 Å². The van der Waals surface area contributed by atoms with E-state index in [2.05, 4.69) is 4.74 Å². The number of aliphatic hydroxyl groups is 1. The summed E-state index contributed by atoms with van der Waals surface area (Å²) in [5.41, 5.74) is 0. The number of ether oxygens (including phenoxy) is 8. The van der Waals surface area contributed by atoms with Crippen LogP contribution in [0.3, 0.4) is 0 Å². The Morgan fingerprint density at radius 3 is 1.88 bits per heavy atom. The number of aliphatic carboxylic acids is 1. The second-order valence-corrected chi connectivity index (χ2v) is 9.50. The molecule has 0 radical (unpaired) electrons. The molecule has 1 saturated carbocycles. The molecule has 2 heterocycles. The van der Waals surface area contributed by atoms with Crippen LogP contribution in [0.15, 0.2) is 0 Å². The summed E-state index contributed by atoms with van der Waals surface area (Å²) in [6, 6.07) is 0. The summed E-state index contributed by atoms with van der Waals surface area (Å²) < 4.78 is 42.2. The van der Waals surface area contributed by atoms with Gasteiger partial charge in [0.1, 0.15) is 36.9 Å². The molecule has 0 aromatic carbocycles. The molecule has 0 unspecified atom stereocenters. The Bertz CT molecular complexity index is 1090. The molecule has 17 heteroatoms. The molecule has 0 amide bonds. The van der Waals surface area contributed by atoms with Crippen LogP contribution in [0.25, 0.3) is 0 Å². The summed E-state index contributed by atoms with van der Waals surface area (Å²) in [5, 5.41) is 21.1. The zero-order valence-corrected chi connectivity index (χ0v) is 22.6. The maximum absolute atomic E-state index is 12.6. The SMILES string of the molecule is COC(=O)[C@H]1[C@H]2OC(=O)[C@@H]1[C@H](C(=O)O)[C@@H](O[C@H]1O[C@@H](COC(C)=O)[C@H](OC(C)=O)[C@@H](OC(C)=O)[C@@H]1OC(C)=O)[C@H]2O. The van der Waals surface area contributed by atoms with Crippen molar-refractivity contribution in [1.82, 2.24) is 0 Å². The number of hydrogen-bond donors (Lipinski definition) is 2. The molecule has 1 aliphatic carbocycles. The van der Waals surface area contributed by atoms with E-state index in [0.29, 0.717) is 0 Å². The monoisotopic (exact) mass is 590 g/mol. The minimum atomic E-state index is -1.94. The molecule has 228 valence electrons. The normalized spacial score (nSPS) is 35.9. The first-order chi connectivity index (χ1) is 19.2. The van der Waals surface area contributed by atoms with Crippen molar-refractivity contribution in [3.63, 3.8) is 0 Å². The Balaban J connectivity index is 2.06. The van der Waals surface area contributed by atoms with E-state index >= 15 is 0 Å². The van der Waals surface area contributed by atoms with E-state index in [4.69, 9.17) is 33.2 Å². The van der Waals surface area contributed by atoms with Crippen molar-refractivity contribution < 1.29 is 81.7 Å². The van der Waals surface area contributed by atoms with Gasteiger partial charge in [-0.25, -0.2) is 0 Å². The largest absolute Gasteiger partial charge is 0.481 e. The van der Waals surface area contributed by atoms with Crippen LogP contribution < -0.4 is 0 Å². The Labute approximate surface area is 232 Å². The van der Waals surface area contributed by atoms with E-state index in [0.717, 1.165) is 34.8 Å². The Kier molecular flexibility index (Phi) is 9.88. The zero-order chi connectivity index (χ0) is 30.8. The van der Waals surface area contributed by atoms with Gasteiger partial charge in [-0.2, -0.15) is 0 Å². The summed E-state index contributed by atoms with van der Waals surface area (Å²) in [7, 11) is 1.01. The minimum absolute atomic E-state index is 0.593. The van der Waals surface area contributed by atoms with Gasteiger partial charge >= 0.3 is 41.8 Å². The molecular weight excluding hydrogens is 560 g/mol. The van der Waals surface area contributed by atoms with Crippen LogP contribution in [0.1, 0.15) is 27.7 Å². The highest BCUT2D eigenvalue weighted by Gasteiger charge is 2.66. The maximum Gasteiger partial charge on any atom is 0.313 e. The Morgan fingerprint density at radius 2 is 1.37 bits per heavy atom. The highest BCUT2D eigenvalue weighted by molar-refractivity contribution is 5.91. The van der Waals surface area contributed by atoms with Gasteiger partial charge < -0.3 is 48.1 Å². The predicted octanol–water partition coefficient (Wildman–Crippen LogP) is -2.14. The van der Waals surface area contributed by atoms with E-state index in [1.165, 1.54) is 0 Å². The van der Waals surface area contributed by atoms with Crippen LogP contribution in [0.4, 0.5) is 0 Å². The fourth-order valence-corrected chi connectivity index (χ4v) is 5.22. The van der Waals surface area contributed by atoms with Crippen molar-refractivity contribution in [2.75, 3.05) is 13.7 Å². The van der Waals surface area contributed by atoms with Gasteiger partial charge in [-0.15, -0.1) is 0 Å². The average molecular weight is 590 g/mol. The van der Waals surface area contributed by atoms with E-state index in [1.54, 1.807) is 0 Å². The zero-order valence-electron chi connectivity index (χ0n) is 22.6. The smallest absolute Gasteiger partial charge is 0.313 e. The second kappa shape index (κ2) is 12.8. The summed E-state index contributed by atoms with van der Waals surface area (Å²) in [5.74, 6) is -12.3. The topological polar surface area (TPSA) is 234 Å². The van der Waals surface area contributed by atoms with Gasteiger partial charge in [0.05, 0.1) is 18.9 Å². The highest BCUT2D eigenvalue weighted by atomic mass is 16.7. The van der Waals surface area contributed by atoms with Crippen LogP contribution in [0.2, 0.25) is 0 Å². The molecule has 17 nitrogen and oxygen atoms in total. The maximum atomic E-state index is 12.6. The van der Waals surface area contributed by atoms with E-state index in [9.17, 15) is 43.8 Å². The predicted molar refractivity (Wildman–Crippen MR) is 123 cm³/mol. The molecule has 2 saturated heterocycles. The van der Waals surface area contributed by atoms with Crippen molar-refractivity contribution in [2.24, 2.45) is 17.8 Å². The van der Waals surface area contributed by atoms with Crippen molar-refractivity contribution in [3.8, 4) is 0 Å². The second-order valence-electron chi connectivity index (χ2n) is 9.50. The number of carboxylic acids is 1. The molecular formula is C24H30O17. The number of rotatable bonds is 9. The number of carbonyl (C=O) groups is 7. The summed E-state index contributed by atoms with van der Waals surface area (Å²) in [6.45, 7) is 3.49. The first-order valence-electron chi connectivity index (χ1n) is 12.3. The third-order valence-electron chi connectivity index (χ3n) is 6.68. The molecule has 41 heavy (non-hydrogen) atoms. The van der Waals surface area contributed by atoms with Gasteiger partial charge in [-0.3, -0.25) is 33.6 Å². The quantitative estimate of drug-likeness (QED) is 0.215. The fraction of sp³-hybridized carbons (Fsp3) is 0.708. The number of esters is 6. The molecule has 11 atom stereocenters. The number of carbonyl (C=O) groups excluding carboxylic acids is 6. The molecule has 0 aromatic rings. The molecule has 0 spiro atoms. The highest BCUT2D eigenvalue weighted by Crippen LogP contribution is 2.46. The van der Waals surface area contributed by atoms with Crippen molar-refractivity contribution in [3.05, 3.63) is 0 Å². The minimum Gasteiger partial charge on any atom is -0.481 e. The van der Waals surface area contributed by atoms with Gasteiger partial charge in [0.15, 0.2) is 24.6 Å². The summed E-state index contributed by atoms with van der Waals surface area (Å²) in [4.78, 5) is 84.8. The Morgan fingerprint density at radius 1 is 0.805 bits per heavy atom. The molecule has 2 N–H and O–H groups in total. The van der Waals surface area contributed by atoms with Crippen LogP contribution in [0.5, 0.6) is 0 Å². The van der Waals surface area contributed by atoms with Crippen LogP contribution in [0, 0.1) is 17.8 Å². The average Bonchev–Trinajstić information content (AvgIpc) is 3.15. The number of methoxy groups -OCH3 is 1. The number of carboxylic acid groups (broad SMARTS) is 1. The third kappa shape index (κ3) is 6.74. The van der Waals surface area contributed by atoms with Gasteiger partial charge in [-0.1, -0.05) is 0 Å². The Hall–Kier alpha value is -3.83. The summed E-state index contributed by atoms with van der Waals surface area (Å²) in [6.07, 6.45) is -13.5. The van der Waals surface area contributed by atoms with Crippen molar-refractivity contribution in [1.29, 1.82) is 0 Å². The number of aliphatic hydroxyl groups excluding tert-OH is 1. The van der Waals surface area contributed by atoms with E-state index in [-0.39, 0.29) is 0 Å². The van der Waals surface area contributed by atoms with E-state index < -0.39 is 115 Å².